The van der Waals surface area contributed by atoms with Crippen molar-refractivity contribution in [2.45, 2.75) is 19.8 Å². The van der Waals surface area contributed by atoms with E-state index in [0.717, 1.165) is 29.5 Å². The van der Waals surface area contributed by atoms with Crippen LogP contribution in [0.5, 0.6) is 0 Å². The molecular formula is C17H17NO6S. The van der Waals surface area contributed by atoms with Gasteiger partial charge < -0.3 is 9.84 Å². The molecule has 0 radical (unpaired) electrons. The first-order valence-corrected chi connectivity index (χ1v) is 8.48. The minimum Gasteiger partial charge on any atom is -0.478 e. The third-order valence-electron chi connectivity index (χ3n) is 3.38. The van der Waals surface area contributed by atoms with E-state index in [2.05, 4.69) is 0 Å². The lowest BCUT2D eigenvalue weighted by Crippen LogP contribution is -2.34. The first-order chi connectivity index (χ1) is 11.9. The molecule has 0 aliphatic carbocycles. The number of esters is 1. The van der Waals surface area contributed by atoms with Crippen LogP contribution in [0.1, 0.15) is 35.7 Å². The molecule has 0 atom stereocenters. The third kappa shape index (κ3) is 4.93. The van der Waals surface area contributed by atoms with Gasteiger partial charge in [-0.25, -0.2) is 4.79 Å². The summed E-state index contributed by atoms with van der Waals surface area (Å²) >= 11 is 0.732. The maximum absolute atomic E-state index is 12.3. The quantitative estimate of drug-likeness (QED) is 0.451. The summed E-state index contributed by atoms with van der Waals surface area (Å²) in [5.41, 5.74) is 0.709. The maximum atomic E-state index is 12.3. The van der Waals surface area contributed by atoms with Gasteiger partial charge in [0.1, 0.15) is 6.54 Å². The number of nitrogens with zero attached hydrogens (tertiary/aromatic N) is 1. The monoisotopic (exact) mass is 363 g/mol. The molecule has 8 heteroatoms. The van der Waals surface area contributed by atoms with Gasteiger partial charge in [-0.2, -0.15) is 0 Å². The van der Waals surface area contributed by atoms with Gasteiger partial charge >= 0.3 is 11.9 Å². The predicted molar refractivity (Wildman–Crippen MR) is 91.9 cm³/mol. The number of carbonyl (C=O) groups excluding carboxylic acids is 3. The van der Waals surface area contributed by atoms with Gasteiger partial charge in [-0.15, -0.1) is 0 Å². The summed E-state index contributed by atoms with van der Waals surface area (Å²) in [6, 6.07) is 5.89. The van der Waals surface area contributed by atoms with Crippen LogP contribution in [0.4, 0.5) is 4.79 Å². The molecule has 7 nitrogen and oxygen atoms in total. The Balaban J connectivity index is 2.04. The van der Waals surface area contributed by atoms with Gasteiger partial charge in [0, 0.05) is 0 Å². The second-order valence-electron chi connectivity index (χ2n) is 5.27. The van der Waals surface area contributed by atoms with Crippen molar-refractivity contribution in [1.29, 1.82) is 0 Å². The average Bonchev–Trinajstić information content (AvgIpc) is 2.83. The second-order valence-corrected chi connectivity index (χ2v) is 6.26. The molecule has 0 unspecified atom stereocenters. The zero-order valence-corrected chi connectivity index (χ0v) is 14.4. The van der Waals surface area contributed by atoms with E-state index in [-0.39, 0.29) is 17.1 Å². The van der Waals surface area contributed by atoms with Crippen molar-refractivity contribution in [3.63, 3.8) is 0 Å². The van der Waals surface area contributed by atoms with Gasteiger partial charge in [-0.1, -0.05) is 25.5 Å². The normalized spacial score (nSPS) is 15.7. The number of hydrogen-bond donors (Lipinski definition) is 1. The highest BCUT2D eigenvalue weighted by Crippen LogP contribution is 2.32. The molecular weight excluding hydrogens is 346 g/mol. The molecule has 0 aromatic heterocycles. The van der Waals surface area contributed by atoms with Gasteiger partial charge in [0.15, 0.2) is 0 Å². The van der Waals surface area contributed by atoms with Crippen molar-refractivity contribution in [3.05, 3.63) is 40.3 Å². The van der Waals surface area contributed by atoms with Crippen molar-refractivity contribution in [1.82, 2.24) is 4.90 Å². The molecule has 0 bridgehead atoms. The Labute approximate surface area is 148 Å². The molecule has 25 heavy (non-hydrogen) atoms. The molecule has 132 valence electrons. The summed E-state index contributed by atoms with van der Waals surface area (Å²) in [6.07, 6.45) is 3.08. The molecule has 1 aromatic carbocycles. The van der Waals surface area contributed by atoms with Crippen LogP contribution in [0.25, 0.3) is 6.08 Å². The highest BCUT2D eigenvalue weighted by atomic mass is 32.2. The van der Waals surface area contributed by atoms with Crippen LogP contribution < -0.4 is 0 Å². The molecule has 1 N–H and O–H groups in total. The minimum atomic E-state index is -1.05. The number of carbonyl (C=O) groups is 4. The Morgan fingerprint density at radius 2 is 1.92 bits per heavy atom. The van der Waals surface area contributed by atoms with Crippen LogP contribution in [0, 0.1) is 0 Å². The number of unbranched alkanes of at least 4 members (excludes halogenated alkanes) is 1. The topological polar surface area (TPSA) is 101 Å². The first-order valence-electron chi connectivity index (χ1n) is 7.66. The van der Waals surface area contributed by atoms with Gasteiger partial charge in [0.25, 0.3) is 11.1 Å². The van der Waals surface area contributed by atoms with Crippen LogP contribution in [0.3, 0.4) is 0 Å². The lowest BCUT2D eigenvalue weighted by atomic mass is 10.1. The van der Waals surface area contributed by atoms with Crippen LogP contribution in [-0.2, 0) is 14.3 Å². The fourth-order valence-corrected chi connectivity index (χ4v) is 2.85. The second kappa shape index (κ2) is 8.48. The number of hydrogen-bond acceptors (Lipinski definition) is 6. The van der Waals surface area contributed by atoms with Crippen molar-refractivity contribution >= 4 is 40.9 Å². The van der Waals surface area contributed by atoms with Gasteiger partial charge in [-0.3, -0.25) is 19.3 Å². The summed E-state index contributed by atoms with van der Waals surface area (Å²) < 4.78 is 4.96. The molecule has 0 saturated carbocycles. The summed E-state index contributed by atoms with van der Waals surface area (Å²) in [6.45, 7) is 1.80. The number of aromatic carboxylic acids is 1. The van der Waals surface area contributed by atoms with Crippen molar-refractivity contribution in [2.75, 3.05) is 13.2 Å². The lowest BCUT2D eigenvalue weighted by molar-refractivity contribution is -0.146. The summed E-state index contributed by atoms with van der Waals surface area (Å²) in [4.78, 5) is 47.7. The molecule has 1 saturated heterocycles. The Morgan fingerprint density at radius 1 is 1.24 bits per heavy atom. The number of carboxylic acid groups (broad SMARTS) is 1. The molecule has 2 amide bonds. The Hall–Kier alpha value is -2.61. The Morgan fingerprint density at radius 3 is 2.52 bits per heavy atom. The number of thioether (sulfide) groups is 1. The highest BCUT2D eigenvalue weighted by molar-refractivity contribution is 8.18. The largest absolute Gasteiger partial charge is 0.478 e. The smallest absolute Gasteiger partial charge is 0.335 e. The van der Waals surface area contributed by atoms with E-state index < -0.39 is 29.6 Å². The molecule has 1 heterocycles. The molecule has 2 rings (SSSR count). The molecule has 0 spiro atoms. The molecule has 1 aromatic rings. The summed E-state index contributed by atoms with van der Waals surface area (Å²) in [5, 5.41) is 8.33. The Kier molecular flexibility index (Phi) is 6.35. The van der Waals surface area contributed by atoms with Crippen molar-refractivity contribution in [3.8, 4) is 0 Å². The number of ether oxygens (including phenoxy) is 1. The van der Waals surface area contributed by atoms with Crippen LogP contribution in [0.2, 0.25) is 0 Å². The molecule has 1 aliphatic rings. The van der Waals surface area contributed by atoms with Gasteiger partial charge in [0.05, 0.1) is 17.1 Å². The summed E-state index contributed by atoms with van der Waals surface area (Å²) in [7, 11) is 0. The number of rotatable bonds is 7. The van der Waals surface area contributed by atoms with Crippen LogP contribution in [0.15, 0.2) is 29.2 Å². The lowest BCUT2D eigenvalue weighted by Gasteiger charge is -2.11. The fourth-order valence-electron chi connectivity index (χ4n) is 2.01. The van der Waals surface area contributed by atoms with E-state index >= 15 is 0 Å². The van der Waals surface area contributed by atoms with E-state index in [1.807, 2.05) is 6.92 Å². The minimum absolute atomic E-state index is 0.125. The Bertz CT molecular complexity index is 725. The van der Waals surface area contributed by atoms with Crippen molar-refractivity contribution < 1.29 is 29.0 Å². The van der Waals surface area contributed by atoms with Crippen LogP contribution >= 0.6 is 11.8 Å². The zero-order chi connectivity index (χ0) is 18.4. The predicted octanol–water partition coefficient (Wildman–Crippen LogP) is 2.76. The number of carboxylic acids is 1. The van der Waals surface area contributed by atoms with E-state index in [4.69, 9.17) is 9.84 Å². The number of amides is 2. The van der Waals surface area contributed by atoms with E-state index in [9.17, 15) is 19.2 Å². The zero-order valence-electron chi connectivity index (χ0n) is 13.6. The third-order valence-corrected chi connectivity index (χ3v) is 4.28. The van der Waals surface area contributed by atoms with E-state index in [1.165, 1.54) is 30.3 Å². The van der Waals surface area contributed by atoms with Gasteiger partial charge in [-0.05, 0) is 42.0 Å². The first kappa shape index (κ1) is 18.7. The fraction of sp³-hybridized carbons (Fsp3) is 0.294. The highest BCUT2D eigenvalue weighted by Gasteiger charge is 2.36. The average molecular weight is 363 g/mol. The van der Waals surface area contributed by atoms with Crippen molar-refractivity contribution in [2.24, 2.45) is 0 Å². The van der Waals surface area contributed by atoms with Gasteiger partial charge in [0.2, 0.25) is 0 Å². The molecule has 1 fully saturated rings. The van der Waals surface area contributed by atoms with Crippen LogP contribution in [-0.4, -0.2) is 46.2 Å². The summed E-state index contributed by atoms with van der Waals surface area (Å²) in [5.74, 6) is -2.24. The standard InChI is InChI=1S/C17H17NO6S/c1-2-3-8-24-14(19)10-18-15(20)13(25-17(18)23)9-11-4-6-12(7-5-11)16(21)22/h4-7,9H,2-3,8,10H2,1H3,(H,21,22)/b13-9+. The number of imide groups is 1. The SMILES string of the molecule is CCCCOC(=O)CN1C(=O)S/C(=C/c2ccc(C(=O)O)cc2)C1=O. The van der Waals surface area contributed by atoms with E-state index in [1.54, 1.807) is 0 Å². The van der Waals surface area contributed by atoms with E-state index in [0.29, 0.717) is 5.56 Å². The molecule has 1 aliphatic heterocycles. The maximum Gasteiger partial charge on any atom is 0.335 e. The number of benzene rings is 1.